The molecule has 0 aliphatic carbocycles. The third kappa shape index (κ3) is 7.57. The molecule has 8 heteroatoms. The molecule has 1 aromatic rings. The molecule has 2 fully saturated rings. The fourth-order valence-electron chi connectivity index (χ4n) is 7.05. The first-order valence-corrected chi connectivity index (χ1v) is 17.0. The van der Waals surface area contributed by atoms with Crippen LogP contribution in [0, 0.1) is 11.8 Å². The Morgan fingerprint density at radius 3 is 2.13 bits per heavy atom. The minimum Gasteiger partial charge on any atom is -0.445 e. The highest BCUT2D eigenvalue weighted by atomic mass is 28.4. The SMILES string of the molecule is CC(C)[Si](OCCC1CN(C(=O)OC(C)(C)C)C2CN(C(=O)OCc3ccccc3)CCC12)(C(C)C)C(C)C. The van der Waals surface area contributed by atoms with Gasteiger partial charge in [0.25, 0.3) is 0 Å². The first kappa shape index (κ1) is 31.5. The summed E-state index contributed by atoms with van der Waals surface area (Å²) in [6.45, 7) is 22.3. The number of benzene rings is 1. The van der Waals surface area contributed by atoms with Gasteiger partial charge in [-0.25, -0.2) is 9.59 Å². The second kappa shape index (κ2) is 13.1. The van der Waals surface area contributed by atoms with E-state index in [2.05, 4.69) is 41.5 Å². The lowest BCUT2D eigenvalue weighted by Crippen LogP contribution is -2.52. The Balaban J connectivity index is 1.70. The van der Waals surface area contributed by atoms with E-state index in [9.17, 15) is 9.59 Å². The van der Waals surface area contributed by atoms with Gasteiger partial charge in [0.05, 0.1) is 6.04 Å². The molecular weight excluding hydrogens is 508 g/mol. The Morgan fingerprint density at radius 1 is 0.949 bits per heavy atom. The van der Waals surface area contributed by atoms with E-state index in [1.165, 1.54) is 0 Å². The summed E-state index contributed by atoms with van der Waals surface area (Å²) in [4.78, 5) is 29.9. The summed E-state index contributed by atoms with van der Waals surface area (Å²) in [7, 11) is -1.95. The van der Waals surface area contributed by atoms with Gasteiger partial charge in [0.2, 0.25) is 0 Å². The molecule has 0 aromatic heterocycles. The topological polar surface area (TPSA) is 68.3 Å². The van der Waals surface area contributed by atoms with Crippen molar-refractivity contribution < 1.29 is 23.5 Å². The summed E-state index contributed by atoms with van der Waals surface area (Å²) >= 11 is 0. The molecule has 0 saturated carbocycles. The number of carbonyl (C=O) groups is 2. The van der Waals surface area contributed by atoms with E-state index in [4.69, 9.17) is 13.9 Å². The normalized spacial score (nSPS) is 22.0. The van der Waals surface area contributed by atoms with Gasteiger partial charge in [0.15, 0.2) is 8.32 Å². The predicted octanol–water partition coefficient (Wildman–Crippen LogP) is 7.46. The summed E-state index contributed by atoms with van der Waals surface area (Å²) in [6, 6.07) is 9.63. The minimum absolute atomic E-state index is 0.0785. The highest BCUT2D eigenvalue weighted by molar-refractivity contribution is 6.77. The van der Waals surface area contributed by atoms with Gasteiger partial charge in [-0.1, -0.05) is 71.9 Å². The number of fused-ring (bicyclic) bond motifs is 1. The Labute approximate surface area is 237 Å². The molecule has 0 N–H and O–H groups in total. The average molecular weight is 561 g/mol. The molecule has 220 valence electrons. The van der Waals surface area contributed by atoms with Crippen molar-refractivity contribution in [2.75, 3.05) is 26.2 Å². The number of nitrogens with zero attached hydrogens (tertiary/aromatic N) is 2. The van der Waals surface area contributed by atoms with Crippen LogP contribution in [0.3, 0.4) is 0 Å². The molecule has 2 saturated heterocycles. The first-order chi connectivity index (χ1) is 18.3. The van der Waals surface area contributed by atoms with Crippen LogP contribution in [-0.4, -0.2) is 68.2 Å². The highest BCUT2D eigenvalue weighted by Crippen LogP contribution is 2.44. The van der Waals surface area contributed by atoms with Gasteiger partial charge >= 0.3 is 12.2 Å². The standard InChI is InChI=1S/C31H52N2O5Si/c1-22(2)39(23(3)4,24(5)6)37-18-16-26-19-33(30(35)38-31(7,8)9)28-20-32(17-15-27(26)28)29(34)36-21-25-13-11-10-12-14-25/h10-14,22-24,26-28H,15-21H2,1-9H3. The number of hydrogen-bond acceptors (Lipinski definition) is 5. The smallest absolute Gasteiger partial charge is 0.410 e. The lowest BCUT2D eigenvalue weighted by atomic mass is 9.83. The molecule has 0 spiro atoms. The van der Waals surface area contributed by atoms with E-state index in [1.54, 1.807) is 4.90 Å². The molecule has 2 heterocycles. The summed E-state index contributed by atoms with van der Waals surface area (Å²) < 4.78 is 18.3. The van der Waals surface area contributed by atoms with Crippen molar-refractivity contribution >= 4 is 20.5 Å². The van der Waals surface area contributed by atoms with E-state index in [-0.39, 0.29) is 24.8 Å². The molecule has 0 radical (unpaired) electrons. The van der Waals surface area contributed by atoms with Crippen LogP contribution < -0.4 is 0 Å². The van der Waals surface area contributed by atoms with Crippen molar-refractivity contribution in [3.63, 3.8) is 0 Å². The monoisotopic (exact) mass is 560 g/mol. The van der Waals surface area contributed by atoms with Crippen LogP contribution in [0.1, 0.15) is 80.7 Å². The fourth-order valence-corrected chi connectivity index (χ4v) is 12.5. The van der Waals surface area contributed by atoms with Crippen molar-refractivity contribution in [3.05, 3.63) is 35.9 Å². The largest absolute Gasteiger partial charge is 0.445 e. The second-order valence-corrected chi connectivity index (χ2v) is 18.8. The average Bonchev–Trinajstić information content (AvgIpc) is 3.22. The summed E-state index contributed by atoms with van der Waals surface area (Å²) in [5.74, 6) is 0.635. The van der Waals surface area contributed by atoms with E-state index in [0.717, 1.165) is 25.0 Å². The van der Waals surface area contributed by atoms with E-state index < -0.39 is 13.9 Å². The van der Waals surface area contributed by atoms with Crippen LogP contribution in [0.5, 0.6) is 0 Å². The number of rotatable bonds is 9. The van der Waals surface area contributed by atoms with Gasteiger partial charge < -0.3 is 23.7 Å². The molecule has 7 nitrogen and oxygen atoms in total. The zero-order chi connectivity index (χ0) is 29.0. The molecule has 3 rings (SSSR count). The summed E-state index contributed by atoms with van der Waals surface area (Å²) in [6.07, 6.45) is 1.14. The van der Waals surface area contributed by atoms with Crippen LogP contribution in [0.4, 0.5) is 9.59 Å². The van der Waals surface area contributed by atoms with Gasteiger partial charge in [0.1, 0.15) is 12.2 Å². The Morgan fingerprint density at radius 2 is 1.56 bits per heavy atom. The van der Waals surface area contributed by atoms with E-state index in [0.29, 0.717) is 48.1 Å². The maximum absolute atomic E-state index is 13.3. The van der Waals surface area contributed by atoms with Crippen LogP contribution in [0.25, 0.3) is 0 Å². The van der Waals surface area contributed by atoms with Crippen molar-refractivity contribution in [3.8, 4) is 0 Å². The van der Waals surface area contributed by atoms with Gasteiger partial charge in [-0.3, -0.25) is 0 Å². The van der Waals surface area contributed by atoms with Crippen molar-refractivity contribution in [2.24, 2.45) is 11.8 Å². The molecule has 39 heavy (non-hydrogen) atoms. The molecule has 2 amide bonds. The number of piperidine rings is 1. The second-order valence-electron chi connectivity index (χ2n) is 13.4. The third-order valence-electron chi connectivity index (χ3n) is 8.71. The van der Waals surface area contributed by atoms with Gasteiger partial charge in [-0.2, -0.15) is 0 Å². The van der Waals surface area contributed by atoms with Gasteiger partial charge in [0, 0.05) is 26.2 Å². The molecule has 2 aliphatic heterocycles. The van der Waals surface area contributed by atoms with Gasteiger partial charge in [-0.05, 0) is 67.6 Å². The molecule has 1 aromatic carbocycles. The Bertz CT molecular complexity index is 924. The number of hydrogen-bond donors (Lipinski definition) is 0. The van der Waals surface area contributed by atoms with Gasteiger partial charge in [-0.15, -0.1) is 0 Å². The maximum atomic E-state index is 13.3. The Hall–Kier alpha value is -2.06. The lowest BCUT2D eigenvalue weighted by Gasteiger charge is -2.42. The number of ether oxygens (including phenoxy) is 2. The maximum Gasteiger partial charge on any atom is 0.410 e. The van der Waals surface area contributed by atoms with Crippen LogP contribution >= 0.6 is 0 Å². The number of carbonyl (C=O) groups excluding carboxylic acids is 2. The van der Waals surface area contributed by atoms with E-state index >= 15 is 0 Å². The molecular formula is C31H52N2O5Si. The summed E-state index contributed by atoms with van der Waals surface area (Å²) in [5, 5.41) is 0. The zero-order valence-electron chi connectivity index (χ0n) is 25.7. The van der Waals surface area contributed by atoms with Crippen molar-refractivity contribution in [1.29, 1.82) is 0 Å². The minimum atomic E-state index is -1.95. The third-order valence-corrected chi connectivity index (χ3v) is 14.8. The fraction of sp³-hybridized carbons (Fsp3) is 0.742. The molecule has 3 atom stereocenters. The molecule has 0 bridgehead atoms. The van der Waals surface area contributed by atoms with Crippen molar-refractivity contribution in [2.45, 2.75) is 110 Å². The summed E-state index contributed by atoms with van der Waals surface area (Å²) in [5.41, 5.74) is 2.00. The Kier molecular flexibility index (Phi) is 10.5. The first-order valence-electron chi connectivity index (χ1n) is 14.9. The van der Waals surface area contributed by atoms with Crippen LogP contribution in [0.15, 0.2) is 30.3 Å². The van der Waals surface area contributed by atoms with Crippen molar-refractivity contribution in [1.82, 2.24) is 9.80 Å². The van der Waals surface area contributed by atoms with Crippen LogP contribution in [0.2, 0.25) is 16.6 Å². The number of amides is 2. The number of likely N-dealkylation sites (tertiary alicyclic amines) is 2. The zero-order valence-corrected chi connectivity index (χ0v) is 26.7. The molecule has 3 unspecified atom stereocenters. The van der Waals surface area contributed by atoms with Crippen LogP contribution in [-0.2, 0) is 20.5 Å². The highest BCUT2D eigenvalue weighted by Gasteiger charge is 2.49. The quantitative estimate of drug-likeness (QED) is 0.293. The molecule has 2 aliphatic rings. The van der Waals surface area contributed by atoms with E-state index in [1.807, 2.05) is 56.0 Å². The predicted molar refractivity (Wildman–Crippen MR) is 158 cm³/mol. The lowest BCUT2D eigenvalue weighted by molar-refractivity contribution is 0.0107.